The molecule has 1 aromatic carbocycles. The lowest BCUT2D eigenvalue weighted by molar-refractivity contribution is -0.151. The van der Waals surface area contributed by atoms with Gasteiger partial charge >= 0.3 is 5.97 Å². The molecule has 7 nitrogen and oxygen atoms in total. The van der Waals surface area contributed by atoms with Crippen molar-refractivity contribution in [2.45, 2.75) is 25.8 Å². The summed E-state index contributed by atoms with van der Waals surface area (Å²) in [5.41, 5.74) is 2.89. The van der Waals surface area contributed by atoms with Crippen molar-refractivity contribution in [1.82, 2.24) is 9.88 Å². The fourth-order valence-corrected chi connectivity index (χ4v) is 4.79. The second-order valence-electron chi connectivity index (χ2n) is 7.19. The lowest BCUT2D eigenvalue weighted by atomic mass is 10.1. The van der Waals surface area contributed by atoms with E-state index < -0.39 is 24.5 Å². The molecule has 1 aliphatic heterocycles. The number of amides is 2. The van der Waals surface area contributed by atoms with Gasteiger partial charge in [-0.15, -0.1) is 22.7 Å². The van der Waals surface area contributed by atoms with E-state index in [4.69, 9.17) is 4.74 Å². The number of rotatable bonds is 6. The quantitative estimate of drug-likeness (QED) is 0.568. The Kier molecular flexibility index (Phi) is 6.43. The zero-order valence-corrected chi connectivity index (χ0v) is 18.5. The number of nitrogens with zero attached hydrogens (tertiary/aromatic N) is 2. The maximum atomic E-state index is 12.6. The molecule has 3 heterocycles. The van der Waals surface area contributed by atoms with Crippen LogP contribution in [0, 0.1) is 6.92 Å². The Morgan fingerprint density at radius 2 is 2.00 bits per heavy atom. The summed E-state index contributed by atoms with van der Waals surface area (Å²) in [6.07, 6.45) is 1.26. The van der Waals surface area contributed by atoms with Gasteiger partial charge in [-0.05, 0) is 31.2 Å². The van der Waals surface area contributed by atoms with Crippen LogP contribution in [0.15, 0.2) is 47.2 Å². The second kappa shape index (κ2) is 9.40. The van der Waals surface area contributed by atoms with Gasteiger partial charge in [-0.25, -0.2) is 9.78 Å². The number of carbonyl (C=O) groups is 3. The molecule has 0 saturated carbocycles. The molecule has 0 spiro atoms. The van der Waals surface area contributed by atoms with Crippen LogP contribution in [0.5, 0.6) is 0 Å². The van der Waals surface area contributed by atoms with Crippen LogP contribution in [0.1, 0.15) is 28.1 Å². The lowest BCUT2D eigenvalue weighted by Gasteiger charge is -2.22. The highest BCUT2D eigenvalue weighted by molar-refractivity contribution is 7.14. The van der Waals surface area contributed by atoms with Gasteiger partial charge in [0.25, 0.3) is 11.8 Å². The van der Waals surface area contributed by atoms with Crippen LogP contribution in [-0.4, -0.2) is 46.9 Å². The predicted molar refractivity (Wildman–Crippen MR) is 120 cm³/mol. The summed E-state index contributed by atoms with van der Waals surface area (Å²) in [4.78, 5) is 43.8. The van der Waals surface area contributed by atoms with Crippen molar-refractivity contribution < 1.29 is 19.1 Å². The van der Waals surface area contributed by atoms with Crippen molar-refractivity contribution >= 4 is 45.6 Å². The fourth-order valence-electron chi connectivity index (χ4n) is 3.37. The van der Waals surface area contributed by atoms with Crippen LogP contribution in [0.25, 0.3) is 11.3 Å². The van der Waals surface area contributed by atoms with Gasteiger partial charge in [0.05, 0.1) is 10.6 Å². The summed E-state index contributed by atoms with van der Waals surface area (Å²) in [6.45, 7) is 2.10. The molecule has 160 valence electrons. The number of hydrogen-bond donors (Lipinski definition) is 1. The van der Waals surface area contributed by atoms with E-state index in [-0.39, 0.29) is 5.91 Å². The maximum Gasteiger partial charge on any atom is 0.329 e. The Bertz CT molecular complexity index is 1080. The summed E-state index contributed by atoms with van der Waals surface area (Å²) in [5, 5.41) is 6.78. The molecule has 2 amide bonds. The van der Waals surface area contributed by atoms with Gasteiger partial charge in [0.2, 0.25) is 0 Å². The van der Waals surface area contributed by atoms with Crippen molar-refractivity contribution in [2.75, 3.05) is 18.5 Å². The second-order valence-corrected chi connectivity index (χ2v) is 9.00. The number of ether oxygens (including phenoxy) is 1. The zero-order chi connectivity index (χ0) is 21.8. The normalized spacial score (nSPS) is 15.6. The van der Waals surface area contributed by atoms with Gasteiger partial charge in [0, 0.05) is 17.5 Å². The van der Waals surface area contributed by atoms with E-state index in [2.05, 4.69) is 10.3 Å². The van der Waals surface area contributed by atoms with E-state index in [0.717, 1.165) is 23.2 Å². The number of esters is 1. The average Bonchev–Trinajstić information content (AvgIpc) is 3.53. The summed E-state index contributed by atoms with van der Waals surface area (Å²) in [7, 11) is 0. The summed E-state index contributed by atoms with van der Waals surface area (Å²) in [6, 6.07) is 10.8. The van der Waals surface area contributed by atoms with E-state index in [9.17, 15) is 14.4 Å². The van der Waals surface area contributed by atoms with Crippen molar-refractivity contribution in [3.63, 3.8) is 0 Å². The van der Waals surface area contributed by atoms with Gasteiger partial charge in [0.15, 0.2) is 11.7 Å². The first-order valence-corrected chi connectivity index (χ1v) is 11.6. The number of aromatic nitrogens is 1. The Hall–Kier alpha value is -3.04. The third-order valence-corrected chi connectivity index (χ3v) is 6.58. The minimum atomic E-state index is -0.657. The minimum absolute atomic E-state index is 0.176. The Balaban J connectivity index is 1.30. The number of aryl methyl sites for hydroxylation is 1. The molecule has 1 N–H and O–H groups in total. The number of nitrogens with one attached hydrogen (secondary N) is 1. The third-order valence-electron chi connectivity index (χ3n) is 4.96. The van der Waals surface area contributed by atoms with E-state index >= 15 is 0 Å². The van der Waals surface area contributed by atoms with Crippen molar-refractivity contribution in [1.29, 1.82) is 0 Å². The van der Waals surface area contributed by atoms with Crippen molar-refractivity contribution in [3.8, 4) is 11.3 Å². The van der Waals surface area contributed by atoms with E-state index in [1.807, 2.05) is 41.9 Å². The number of carbonyl (C=O) groups excluding carboxylic acids is 3. The molecule has 2 aromatic heterocycles. The van der Waals surface area contributed by atoms with Crippen LogP contribution in [0.2, 0.25) is 0 Å². The van der Waals surface area contributed by atoms with Gasteiger partial charge < -0.3 is 9.64 Å². The van der Waals surface area contributed by atoms with Gasteiger partial charge in [0.1, 0.15) is 6.04 Å². The number of thiazole rings is 1. The number of thiophene rings is 1. The lowest BCUT2D eigenvalue weighted by Crippen LogP contribution is -2.41. The molecule has 4 rings (SSSR count). The molecule has 0 aliphatic carbocycles. The predicted octanol–water partition coefficient (Wildman–Crippen LogP) is 3.97. The molecule has 31 heavy (non-hydrogen) atoms. The van der Waals surface area contributed by atoms with E-state index in [1.165, 1.54) is 27.6 Å². The SMILES string of the molecule is Cc1ccc(-c2csc(NC(=O)COC(=O)C3CCCN3C(=O)c3cccs3)n2)cc1. The Labute approximate surface area is 187 Å². The average molecular weight is 456 g/mol. The minimum Gasteiger partial charge on any atom is -0.454 e. The highest BCUT2D eigenvalue weighted by Crippen LogP contribution is 2.25. The van der Waals surface area contributed by atoms with Crippen LogP contribution >= 0.6 is 22.7 Å². The molecule has 1 aliphatic rings. The molecule has 1 unspecified atom stereocenters. The largest absolute Gasteiger partial charge is 0.454 e. The molecule has 1 atom stereocenters. The van der Waals surface area contributed by atoms with Gasteiger partial charge in [-0.1, -0.05) is 35.9 Å². The summed E-state index contributed by atoms with van der Waals surface area (Å²) < 4.78 is 5.20. The number of hydrogen-bond acceptors (Lipinski definition) is 7. The third kappa shape index (κ3) is 5.00. The first-order valence-electron chi connectivity index (χ1n) is 9.85. The van der Waals surface area contributed by atoms with Crippen LogP contribution in [0.4, 0.5) is 5.13 Å². The van der Waals surface area contributed by atoms with E-state index in [0.29, 0.717) is 23.0 Å². The van der Waals surface area contributed by atoms with Crippen LogP contribution in [0.3, 0.4) is 0 Å². The monoisotopic (exact) mass is 455 g/mol. The first kappa shape index (κ1) is 21.2. The molecular formula is C22H21N3O4S2. The smallest absolute Gasteiger partial charge is 0.329 e. The molecule has 1 fully saturated rings. The number of anilines is 1. The van der Waals surface area contributed by atoms with E-state index in [1.54, 1.807) is 12.1 Å². The topological polar surface area (TPSA) is 88.6 Å². The van der Waals surface area contributed by atoms with Crippen molar-refractivity contribution in [2.24, 2.45) is 0 Å². The molecule has 9 heteroatoms. The number of benzene rings is 1. The summed E-state index contributed by atoms with van der Waals surface area (Å²) >= 11 is 2.64. The van der Waals surface area contributed by atoms with Crippen LogP contribution in [-0.2, 0) is 14.3 Å². The Morgan fingerprint density at radius 3 is 2.74 bits per heavy atom. The summed E-state index contributed by atoms with van der Waals surface area (Å²) in [5.74, 6) is -1.20. The van der Waals surface area contributed by atoms with Crippen LogP contribution < -0.4 is 5.32 Å². The Morgan fingerprint density at radius 1 is 1.19 bits per heavy atom. The molecule has 0 radical (unpaired) electrons. The highest BCUT2D eigenvalue weighted by Gasteiger charge is 2.36. The van der Waals surface area contributed by atoms with Gasteiger partial charge in [-0.2, -0.15) is 0 Å². The van der Waals surface area contributed by atoms with Crippen molar-refractivity contribution in [3.05, 3.63) is 57.6 Å². The number of likely N-dealkylation sites (tertiary alicyclic amines) is 1. The molecule has 0 bridgehead atoms. The fraction of sp³-hybridized carbons (Fsp3) is 0.273. The molecule has 1 saturated heterocycles. The molecular weight excluding hydrogens is 434 g/mol. The highest BCUT2D eigenvalue weighted by atomic mass is 32.1. The molecule has 3 aromatic rings. The zero-order valence-electron chi connectivity index (χ0n) is 16.9. The first-order chi connectivity index (χ1) is 15.0. The maximum absolute atomic E-state index is 12.6. The van der Waals surface area contributed by atoms with Gasteiger partial charge in [-0.3, -0.25) is 14.9 Å². The standard InChI is InChI=1S/C22H21N3O4S2/c1-14-6-8-15(9-7-14)16-13-31-22(23-16)24-19(26)12-29-21(28)17-4-2-10-25(17)20(27)18-5-3-11-30-18/h3,5-9,11,13,17H,2,4,10,12H2,1H3,(H,23,24,26).